The van der Waals surface area contributed by atoms with Gasteiger partial charge in [0.2, 0.25) is 0 Å². The molecule has 0 aliphatic rings. The number of hydrogen-bond donors (Lipinski definition) is 1. The van der Waals surface area contributed by atoms with E-state index < -0.39 is 0 Å². The van der Waals surface area contributed by atoms with Crippen LogP contribution in [0.25, 0.3) is 0 Å². The van der Waals surface area contributed by atoms with Gasteiger partial charge in [-0.2, -0.15) is 0 Å². The zero-order chi connectivity index (χ0) is 14.1. The average Bonchev–Trinajstić information content (AvgIpc) is 2.38. The van der Waals surface area contributed by atoms with E-state index in [1.54, 1.807) is 12.1 Å². The van der Waals surface area contributed by atoms with Gasteiger partial charge in [0.05, 0.1) is 12.2 Å². The Morgan fingerprint density at radius 3 is 2.53 bits per heavy atom. The normalized spacial score (nSPS) is 10.7. The lowest BCUT2D eigenvalue weighted by Gasteiger charge is -2.07. The van der Waals surface area contributed by atoms with Crippen LogP contribution >= 0.6 is 0 Å². The Morgan fingerprint density at radius 1 is 1.21 bits per heavy atom. The third-order valence-electron chi connectivity index (χ3n) is 2.92. The summed E-state index contributed by atoms with van der Waals surface area (Å²) in [6.07, 6.45) is 2.04. The van der Waals surface area contributed by atoms with Crippen LogP contribution in [0.1, 0.15) is 42.6 Å². The fourth-order valence-corrected chi connectivity index (χ4v) is 1.65. The van der Waals surface area contributed by atoms with Crippen LogP contribution in [0.5, 0.6) is 0 Å². The number of carbonyl (C=O) groups excluding carboxylic acids is 1. The molecule has 0 radical (unpaired) electrons. The lowest BCUT2D eigenvalue weighted by molar-refractivity contribution is 0.0500. The first-order chi connectivity index (χ1) is 9.09. The Morgan fingerprint density at radius 2 is 1.89 bits per heavy atom. The van der Waals surface area contributed by atoms with Crippen molar-refractivity contribution in [3.63, 3.8) is 0 Å². The van der Waals surface area contributed by atoms with Crippen LogP contribution < -0.4 is 5.32 Å². The van der Waals surface area contributed by atoms with E-state index >= 15 is 0 Å². The number of hydrogen-bond acceptors (Lipinski definition) is 3. The van der Waals surface area contributed by atoms with Crippen molar-refractivity contribution in [3.05, 3.63) is 35.4 Å². The van der Waals surface area contributed by atoms with Crippen molar-refractivity contribution in [3.8, 4) is 0 Å². The van der Waals surface area contributed by atoms with Crippen molar-refractivity contribution in [1.29, 1.82) is 0 Å². The number of nitrogens with one attached hydrogen (secondary N) is 1. The summed E-state index contributed by atoms with van der Waals surface area (Å²) in [5.41, 5.74) is 1.77. The molecule has 0 aliphatic heterocycles. The summed E-state index contributed by atoms with van der Waals surface area (Å²) in [5.74, 6) is 0.494. The molecule has 0 spiro atoms. The first kappa shape index (κ1) is 15.7. The van der Waals surface area contributed by atoms with Gasteiger partial charge >= 0.3 is 5.97 Å². The van der Waals surface area contributed by atoms with E-state index in [2.05, 4.69) is 19.2 Å². The van der Waals surface area contributed by atoms with E-state index in [0.717, 1.165) is 31.0 Å². The molecule has 0 saturated carbocycles. The molecule has 0 aromatic heterocycles. The molecule has 106 valence electrons. The Balaban J connectivity index is 2.09. The first-order valence-electron chi connectivity index (χ1n) is 7.04. The number of carbonyl (C=O) groups is 1. The maximum absolute atomic E-state index is 11.7. The van der Waals surface area contributed by atoms with E-state index in [-0.39, 0.29) is 5.97 Å². The number of esters is 1. The molecule has 3 heteroatoms. The number of benzene rings is 1. The largest absolute Gasteiger partial charge is 0.462 e. The molecule has 1 aromatic carbocycles. The van der Waals surface area contributed by atoms with Gasteiger partial charge in [0.15, 0.2) is 0 Å². The summed E-state index contributed by atoms with van der Waals surface area (Å²) >= 11 is 0. The second-order valence-electron chi connectivity index (χ2n) is 5.29. The lowest BCUT2D eigenvalue weighted by atomic mass is 10.1. The van der Waals surface area contributed by atoms with Gasteiger partial charge in [-0.3, -0.25) is 0 Å². The van der Waals surface area contributed by atoms with Crippen molar-refractivity contribution in [2.75, 3.05) is 19.7 Å². The van der Waals surface area contributed by atoms with Gasteiger partial charge in [-0.25, -0.2) is 4.79 Å². The Bertz CT molecular complexity index is 371. The molecule has 19 heavy (non-hydrogen) atoms. The van der Waals surface area contributed by atoms with Gasteiger partial charge < -0.3 is 10.1 Å². The Hall–Kier alpha value is -1.35. The predicted octanol–water partition coefficient (Wildman–Crippen LogP) is 3.18. The van der Waals surface area contributed by atoms with Crippen molar-refractivity contribution in [2.45, 2.75) is 33.6 Å². The van der Waals surface area contributed by atoms with Crippen LogP contribution in [0.2, 0.25) is 0 Å². The molecule has 0 fully saturated rings. The molecule has 0 heterocycles. The quantitative estimate of drug-likeness (QED) is 0.578. The van der Waals surface area contributed by atoms with Crippen molar-refractivity contribution in [1.82, 2.24) is 5.32 Å². The Kier molecular flexibility index (Phi) is 7.19. The minimum Gasteiger partial charge on any atom is -0.462 e. The minimum atomic E-state index is -0.234. The van der Waals surface area contributed by atoms with Crippen molar-refractivity contribution >= 4 is 5.97 Å². The summed E-state index contributed by atoms with van der Waals surface area (Å²) in [5, 5.41) is 3.35. The SMILES string of the molecule is Cc1ccc(C(=O)OCCCNCCC(C)C)cc1. The fourth-order valence-electron chi connectivity index (χ4n) is 1.65. The van der Waals surface area contributed by atoms with Crippen LogP contribution in [0.3, 0.4) is 0 Å². The van der Waals surface area contributed by atoms with Gasteiger partial charge in [0.1, 0.15) is 0 Å². The van der Waals surface area contributed by atoms with Crippen molar-refractivity contribution < 1.29 is 9.53 Å². The van der Waals surface area contributed by atoms with Crippen LogP contribution in [0, 0.1) is 12.8 Å². The molecule has 1 N–H and O–H groups in total. The first-order valence-corrected chi connectivity index (χ1v) is 7.04. The maximum atomic E-state index is 11.7. The second-order valence-corrected chi connectivity index (χ2v) is 5.29. The topological polar surface area (TPSA) is 38.3 Å². The molecule has 0 saturated heterocycles. The number of aryl methyl sites for hydroxylation is 1. The van der Waals surface area contributed by atoms with E-state index in [4.69, 9.17) is 4.74 Å². The van der Waals surface area contributed by atoms with Crippen LogP contribution in [0.15, 0.2) is 24.3 Å². The zero-order valence-electron chi connectivity index (χ0n) is 12.2. The highest BCUT2D eigenvalue weighted by Crippen LogP contribution is 2.05. The lowest BCUT2D eigenvalue weighted by Crippen LogP contribution is -2.20. The summed E-state index contributed by atoms with van der Waals surface area (Å²) in [6, 6.07) is 7.45. The molecule has 0 unspecified atom stereocenters. The van der Waals surface area contributed by atoms with Crippen LogP contribution in [0.4, 0.5) is 0 Å². The summed E-state index contributed by atoms with van der Waals surface area (Å²) in [7, 11) is 0. The van der Waals surface area contributed by atoms with E-state index in [1.807, 2.05) is 19.1 Å². The van der Waals surface area contributed by atoms with Gasteiger partial charge in [0, 0.05) is 0 Å². The summed E-state index contributed by atoms with van der Waals surface area (Å²) in [4.78, 5) is 11.7. The minimum absolute atomic E-state index is 0.234. The highest BCUT2D eigenvalue weighted by molar-refractivity contribution is 5.89. The molecular weight excluding hydrogens is 238 g/mol. The number of rotatable bonds is 8. The van der Waals surface area contributed by atoms with Gasteiger partial charge in [-0.1, -0.05) is 31.5 Å². The molecule has 1 aromatic rings. The van der Waals surface area contributed by atoms with E-state index in [0.29, 0.717) is 12.2 Å². The molecule has 1 rings (SSSR count). The van der Waals surface area contributed by atoms with Gasteiger partial charge in [-0.05, 0) is 50.9 Å². The highest BCUT2D eigenvalue weighted by Gasteiger charge is 2.05. The molecule has 3 nitrogen and oxygen atoms in total. The highest BCUT2D eigenvalue weighted by atomic mass is 16.5. The third-order valence-corrected chi connectivity index (χ3v) is 2.92. The average molecular weight is 263 g/mol. The standard InChI is InChI=1S/C16H25NO2/c1-13(2)9-11-17-10-4-12-19-16(18)15-7-5-14(3)6-8-15/h5-8,13,17H,4,9-12H2,1-3H3. The summed E-state index contributed by atoms with van der Waals surface area (Å²) in [6.45, 7) is 8.83. The number of ether oxygens (including phenoxy) is 1. The molecule has 0 amide bonds. The monoisotopic (exact) mass is 263 g/mol. The van der Waals surface area contributed by atoms with Crippen LogP contribution in [-0.2, 0) is 4.74 Å². The van der Waals surface area contributed by atoms with Gasteiger partial charge in [-0.15, -0.1) is 0 Å². The molecule has 0 aliphatic carbocycles. The second kappa shape index (κ2) is 8.70. The fraction of sp³-hybridized carbons (Fsp3) is 0.562. The van der Waals surface area contributed by atoms with E-state index in [1.165, 1.54) is 6.42 Å². The molecule has 0 atom stereocenters. The Labute approximate surface area is 116 Å². The van der Waals surface area contributed by atoms with E-state index in [9.17, 15) is 4.79 Å². The maximum Gasteiger partial charge on any atom is 0.338 e. The summed E-state index contributed by atoms with van der Waals surface area (Å²) < 4.78 is 5.22. The van der Waals surface area contributed by atoms with Gasteiger partial charge in [0.25, 0.3) is 0 Å². The van der Waals surface area contributed by atoms with Crippen LogP contribution in [-0.4, -0.2) is 25.7 Å². The smallest absolute Gasteiger partial charge is 0.338 e. The molecule has 0 bridgehead atoms. The zero-order valence-corrected chi connectivity index (χ0v) is 12.2. The molecular formula is C16H25NO2. The van der Waals surface area contributed by atoms with Crippen molar-refractivity contribution in [2.24, 2.45) is 5.92 Å². The third kappa shape index (κ3) is 6.97. The predicted molar refractivity (Wildman–Crippen MR) is 78.4 cm³/mol.